The molecule has 0 aromatic carbocycles. The smallest absolute Gasteiger partial charge is 0.273 e. The number of carbonyl (C=O) groups is 2. The van der Waals surface area contributed by atoms with Gasteiger partial charge in [0.1, 0.15) is 11.4 Å². The van der Waals surface area contributed by atoms with Crippen molar-refractivity contribution in [2.45, 2.75) is 31.2 Å². The molecule has 4 rings (SSSR count). The molecule has 0 radical (unpaired) electrons. The Bertz CT molecular complexity index is 1100. The van der Waals surface area contributed by atoms with E-state index in [0.717, 1.165) is 43.6 Å². The molecule has 10 nitrogen and oxygen atoms in total. The van der Waals surface area contributed by atoms with Crippen molar-refractivity contribution in [2.75, 3.05) is 38.2 Å². The first kappa shape index (κ1) is 24.5. The number of carbonyl (C=O) groups excluding carboxylic acids is 2. The largest absolute Gasteiger partial charge is 0.375 e. The van der Waals surface area contributed by atoms with Crippen molar-refractivity contribution < 1.29 is 9.59 Å². The van der Waals surface area contributed by atoms with E-state index >= 15 is 0 Å². The minimum Gasteiger partial charge on any atom is -0.375 e. The Kier molecular flexibility index (Phi) is 8.08. The molecule has 1 saturated carbocycles. The van der Waals surface area contributed by atoms with Gasteiger partial charge in [-0.25, -0.2) is 9.97 Å². The van der Waals surface area contributed by atoms with Crippen molar-refractivity contribution in [3.8, 4) is 0 Å². The lowest BCUT2D eigenvalue weighted by Gasteiger charge is -2.21. The van der Waals surface area contributed by atoms with Crippen LogP contribution in [0, 0.1) is 0 Å². The van der Waals surface area contributed by atoms with E-state index in [4.69, 9.17) is 5.73 Å². The molecule has 0 bridgehead atoms. The average Bonchev–Trinajstić information content (AvgIpc) is 3.50. The van der Waals surface area contributed by atoms with Crippen LogP contribution in [0.4, 0.5) is 10.3 Å². The zero-order valence-electron chi connectivity index (χ0n) is 19.0. The van der Waals surface area contributed by atoms with Crippen LogP contribution < -0.4 is 27.0 Å². The Hall–Kier alpha value is -2.61. The Labute approximate surface area is 210 Å². The lowest BCUT2D eigenvalue weighted by Crippen LogP contribution is -2.43. The SMILES string of the molecule is CN(C)CCCNC(=O)C1=CSC(NC(=O)c2csc(NC(=C3CCC3)c3csc(N)n3)n2)N1. The van der Waals surface area contributed by atoms with E-state index in [0.29, 0.717) is 28.2 Å². The van der Waals surface area contributed by atoms with Gasteiger partial charge in [-0.05, 0) is 51.9 Å². The summed E-state index contributed by atoms with van der Waals surface area (Å²) in [5.41, 5.74) is 9.16. The lowest BCUT2D eigenvalue weighted by atomic mass is 9.90. The van der Waals surface area contributed by atoms with Crippen LogP contribution in [-0.4, -0.2) is 59.4 Å². The van der Waals surface area contributed by atoms with E-state index in [9.17, 15) is 9.59 Å². The Morgan fingerprint density at radius 2 is 1.97 bits per heavy atom. The normalized spacial score (nSPS) is 17.1. The third kappa shape index (κ3) is 6.29. The molecule has 0 saturated heterocycles. The molecular formula is C21H28N8O2S3. The number of hydrogen-bond donors (Lipinski definition) is 5. The van der Waals surface area contributed by atoms with Crippen LogP contribution in [0.5, 0.6) is 0 Å². The maximum Gasteiger partial charge on any atom is 0.273 e. The molecule has 1 aliphatic carbocycles. The Morgan fingerprint density at radius 1 is 1.18 bits per heavy atom. The van der Waals surface area contributed by atoms with Gasteiger partial charge in [0.25, 0.3) is 11.8 Å². The van der Waals surface area contributed by atoms with E-state index in [2.05, 4.69) is 36.1 Å². The third-order valence-corrected chi connectivity index (χ3v) is 7.55. The van der Waals surface area contributed by atoms with Gasteiger partial charge >= 0.3 is 0 Å². The van der Waals surface area contributed by atoms with Crippen LogP contribution in [0.3, 0.4) is 0 Å². The highest BCUT2D eigenvalue weighted by Gasteiger charge is 2.25. The molecule has 13 heteroatoms. The van der Waals surface area contributed by atoms with Crippen LogP contribution >= 0.6 is 34.4 Å². The van der Waals surface area contributed by atoms with E-state index in [1.165, 1.54) is 40.0 Å². The van der Waals surface area contributed by atoms with E-state index in [-0.39, 0.29) is 11.8 Å². The van der Waals surface area contributed by atoms with Gasteiger partial charge in [0.05, 0.1) is 11.4 Å². The third-order valence-electron chi connectivity index (χ3n) is 5.24. The summed E-state index contributed by atoms with van der Waals surface area (Å²) in [5.74, 6) is -0.492. The second-order valence-electron chi connectivity index (χ2n) is 8.14. The quantitative estimate of drug-likeness (QED) is 0.299. The minimum absolute atomic E-state index is 0.178. The van der Waals surface area contributed by atoms with Gasteiger partial charge in [-0.3, -0.25) is 9.59 Å². The molecule has 34 heavy (non-hydrogen) atoms. The molecule has 6 N–H and O–H groups in total. The number of anilines is 2. The maximum atomic E-state index is 12.7. The first-order chi connectivity index (χ1) is 16.4. The monoisotopic (exact) mass is 520 g/mol. The second-order valence-corrected chi connectivity index (χ2v) is 10.9. The van der Waals surface area contributed by atoms with Crippen molar-refractivity contribution in [1.82, 2.24) is 30.8 Å². The van der Waals surface area contributed by atoms with Crippen molar-refractivity contribution >= 4 is 62.2 Å². The highest BCUT2D eigenvalue weighted by Crippen LogP contribution is 2.35. The highest BCUT2D eigenvalue weighted by atomic mass is 32.2. The summed E-state index contributed by atoms with van der Waals surface area (Å²) in [6.45, 7) is 1.50. The number of nitrogens with two attached hydrogens (primary N) is 1. The number of rotatable bonds is 10. The summed E-state index contributed by atoms with van der Waals surface area (Å²) < 4.78 is 0. The predicted octanol–water partition coefficient (Wildman–Crippen LogP) is 2.45. The highest BCUT2D eigenvalue weighted by molar-refractivity contribution is 8.03. The molecule has 2 aromatic rings. The van der Waals surface area contributed by atoms with Crippen molar-refractivity contribution in [3.05, 3.63) is 38.8 Å². The van der Waals surface area contributed by atoms with Gasteiger partial charge in [-0.1, -0.05) is 11.8 Å². The van der Waals surface area contributed by atoms with Crippen molar-refractivity contribution in [3.63, 3.8) is 0 Å². The molecular weight excluding hydrogens is 492 g/mol. The molecule has 0 spiro atoms. The summed E-state index contributed by atoms with van der Waals surface area (Å²) >= 11 is 4.09. The number of thiazole rings is 2. The maximum absolute atomic E-state index is 12.7. The number of hydrogen-bond acceptors (Lipinski definition) is 11. The number of thioether (sulfide) groups is 1. The van der Waals surface area contributed by atoms with E-state index < -0.39 is 5.50 Å². The number of nitrogens with zero attached hydrogens (tertiary/aromatic N) is 3. The summed E-state index contributed by atoms with van der Waals surface area (Å²) in [7, 11) is 3.99. The fourth-order valence-corrected chi connectivity index (χ4v) is 5.37. The zero-order valence-corrected chi connectivity index (χ0v) is 21.5. The second kappa shape index (κ2) is 11.2. The van der Waals surface area contributed by atoms with Gasteiger partial charge < -0.3 is 31.9 Å². The molecule has 1 aliphatic heterocycles. The molecule has 1 unspecified atom stereocenters. The summed E-state index contributed by atoms with van der Waals surface area (Å²) in [5, 5.41) is 18.6. The molecule has 3 heterocycles. The predicted molar refractivity (Wildman–Crippen MR) is 139 cm³/mol. The summed E-state index contributed by atoms with van der Waals surface area (Å²) in [6, 6.07) is 0. The molecule has 1 fully saturated rings. The standard InChI is InChI=1S/C21H28N8O2S3/c1-29(2)8-4-7-23-17(30)14-10-34-21(25-14)28-18(31)15-11-33-20(26-15)27-16(12-5-3-6-12)13-9-32-19(22)24-13/h9-11,21,25H,3-8H2,1-2H3,(H2,22,24)(H,23,30)(H,26,27)(H,28,31). The number of amides is 2. The van der Waals surface area contributed by atoms with Crippen LogP contribution in [0.25, 0.3) is 5.70 Å². The van der Waals surface area contributed by atoms with E-state index in [1.54, 1.807) is 10.8 Å². The zero-order chi connectivity index (χ0) is 24.1. The molecule has 2 amide bonds. The van der Waals surface area contributed by atoms with Gasteiger partial charge in [-0.2, -0.15) is 0 Å². The number of allylic oxidation sites excluding steroid dienone is 1. The summed E-state index contributed by atoms with van der Waals surface area (Å²) in [4.78, 5) is 35.9. The van der Waals surface area contributed by atoms with Gasteiger partial charge in [0.2, 0.25) is 0 Å². The molecule has 182 valence electrons. The molecule has 1 atom stereocenters. The number of nitrogen functional groups attached to an aromatic ring is 1. The number of nitrogens with one attached hydrogen (secondary N) is 4. The van der Waals surface area contributed by atoms with Gasteiger partial charge in [0.15, 0.2) is 15.8 Å². The first-order valence-corrected chi connectivity index (χ1v) is 13.6. The fraction of sp³-hybridized carbons (Fsp3) is 0.429. The van der Waals surface area contributed by atoms with Gasteiger partial charge in [-0.15, -0.1) is 22.7 Å². The topological polar surface area (TPSA) is 137 Å². The molecule has 2 aromatic heterocycles. The van der Waals surface area contributed by atoms with Gasteiger partial charge in [0, 0.05) is 22.7 Å². The molecule has 2 aliphatic rings. The Balaban J connectivity index is 1.28. The average molecular weight is 521 g/mol. The van der Waals surface area contributed by atoms with Crippen LogP contribution in [-0.2, 0) is 4.79 Å². The number of aromatic nitrogens is 2. The minimum atomic E-state index is -0.432. The van der Waals surface area contributed by atoms with Crippen LogP contribution in [0.15, 0.2) is 27.4 Å². The Morgan fingerprint density at radius 3 is 2.65 bits per heavy atom. The summed E-state index contributed by atoms with van der Waals surface area (Å²) in [6.07, 6.45) is 4.05. The van der Waals surface area contributed by atoms with Crippen molar-refractivity contribution in [1.29, 1.82) is 0 Å². The van der Waals surface area contributed by atoms with Crippen LogP contribution in [0.1, 0.15) is 41.9 Å². The van der Waals surface area contributed by atoms with Crippen molar-refractivity contribution in [2.24, 2.45) is 0 Å². The lowest BCUT2D eigenvalue weighted by molar-refractivity contribution is -0.117. The fourth-order valence-electron chi connectivity index (χ4n) is 3.30. The first-order valence-electron chi connectivity index (χ1n) is 10.9. The van der Waals surface area contributed by atoms with Crippen LogP contribution in [0.2, 0.25) is 0 Å². The van der Waals surface area contributed by atoms with E-state index in [1.807, 2.05) is 19.5 Å².